The quantitative estimate of drug-likeness (QED) is 0.774. The Morgan fingerprint density at radius 2 is 1.94 bits per heavy atom. The van der Waals surface area contributed by atoms with Crippen molar-refractivity contribution in [2.24, 2.45) is 0 Å². The van der Waals surface area contributed by atoms with Crippen LogP contribution in [0.3, 0.4) is 0 Å². The summed E-state index contributed by atoms with van der Waals surface area (Å²) in [7, 11) is 1.49. The van der Waals surface area contributed by atoms with E-state index in [2.05, 4.69) is 0 Å². The summed E-state index contributed by atoms with van der Waals surface area (Å²) in [5.41, 5.74) is -0.171. The molecule has 2 nitrogen and oxygen atoms in total. The van der Waals surface area contributed by atoms with Gasteiger partial charge in [0.15, 0.2) is 0 Å². The summed E-state index contributed by atoms with van der Waals surface area (Å²) in [5, 5.41) is 0. The minimum absolute atomic E-state index is 0.157. The molecule has 0 aromatic heterocycles. The smallest absolute Gasteiger partial charge is 0.140 e. The second-order valence-corrected chi connectivity index (χ2v) is 3.67. The van der Waals surface area contributed by atoms with Gasteiger partial charge in [0.05, 0.1) is 6.10 Å². The normalized spacial score (nSPS) is 12.5. The van der Waals surface area contributed by atoms with Gasteiger partial charge in [-0.25, -0.2) is 8.78 Å². The lowest BCUT2D eigenvalue weighted by atomic mass is 10.0. The van der Waals surface area contributed by atoms with Crippen molar-refractivity contribution < 1.29 is 18.3 Å². The second-order valence-electron chi connectivity index (χ2n) is 3.67. The van der Waals surface area contributed by atoms with Gasteiger partial charge in [-0.2, -0.15) is 0 Å². The number of carbonyl (C=O) groups is 1. The summed E-state index contributed by atoms with van der Waals surface area (Å²) in [6, 6.07) is 3.56. The summed E-state index contributed by atoms with van der Waals surface area (Å²) in [6.45, 7) is 1.73. The predicted molar refractivity (Wildman–Crippen MR) is 56.2 cm³/mol. The number of carbonyl (C=O) groups excluding carboxylic acids is 1. The van der Waals surface area contributed by atoms with Crippen molar-refractivity contribution in [3.8, 4) is 0 Å². The van der Waals surface area contributed by atoms with Crippen molar-refractivity contribution in [1.29, 1.82) is 0 Å². The molecule has 0 aliphatic heterocycles. The lowest BCUT2D eigenvalue weighted by Crippen LogP contribution is -2.15. The fourth-order valence-electron chi connectivity index (χ4n) is 1.37. The van der Waals surface area contributed by atoms with Crippen LogP contribution in [0.4, 0.5) is 8.78 Å². The Morgan fingerprint density at radius 1 is 1.38 bits per heavy atom. The second kappa shape index (κ2) is 5.70. The van der Waals surface area contributed by atoms with E-state index in [0.29, 0.717) is 0 Å². The van der Waals surface area contributed by atoms with Crippen molar-refractivity contribution >= 4 is 5.78 Å². The fraction of sp³-hybridized carbons (Fsp3) is 0.417. The van der Waals surface area contributed by atoms with Crippen LogP contribution in [0.15, 0.2) is 18.2 Å². The Kier molecular flexibility index (Phi) is 4.55. The van der Waals surface area contributed by atoms with Crippen LogP contribution < -0.4 is 0 Å². The summed E-state index contributed by atoms with van der Waals surface area (Å²) >= 11 is 0. The maximum absolute atomic E-state index is 13.2. The Bertz CT molecular complexity index is 357. The number of methoxy groups -OCH3 is 1. The van der Waals surface area contributed by atoms with Gasteiger partial charge >= 0.3 is 0 Å². The molecule has 0 spiro atoms. The maximum Gasteiger partial charge on any atom is 0.140 e. The average molecular weight is 228 g/mol. The van der Waals surface area contributed by atoms with Crippen molar-refractivity contribution in [3.63, 3.8) is 0 Å². The first-order valence-corrected chi connectivity index (χ1v) is 5.02. The highest BCUT2D eigenvalue weighted by molar-refractivity contribution is 5.81. The fourth-order valence-corrected chi connectivity index (χ4v) is 1.37. The van der Waals surface area contributed by atoms with Gasteiger partial charge in [0.25, 0.3) is 0 Å². The van der Waals surface area contributed by atoms with Crippen molar-refractivity contribution in [1.82, 2.24) is 0 Å². The van der Waals surface area contributed by atoms with E-state index in [1.165, 1.54) is 13.2 Å². The lowest BCUT2D eigenvalue weighted by molar-refractivity contribution is -0.120. The Morgan fingerprint density at radius 3 is 2.44 bits per heavy atom. The van der Waals surface area contributed by atoms with E-state index in [-0.39, 0.29) is 30.3 Å². The SMILES string of the molecule is COC(C)CC(=O)Cc1c(F)cccc1F. The van der Waals surface area contributed by atoms with Crippen molar-refractivity contribution in [2.45, 2.75) is 25.9 Å². The third-order valence-electron chi connectivity index (χ3n) is 2.35. The topological polar surface area (TPSA) is 26.3 Å². The zero-order valence-electron chi connectivity index (χ0n) is 9.30. The van der Waals surface area contributed by atoms with E-state index < -0.39 is 11.6 Å². The van der Waals surface area contributed by atoms with Gasteiger partial charge in [-0.3, -0.25) is 4.79 Å². The summed E-state index contributed by atoms with van der Waals surface area (Å²) in [6.07, 6.45) is -0.307. The van der Waals surface area contributed by atoms with Crippen LogP contribution in [0.5, 0.6) is 0 Å². The van der Waals surface area contributed by atoms with Gasteiger partial charge in [-0.1, -0.05) is 6.07 Å². The first-order chi connectivity index (χ1) is 7.54. The van der Waals surface area contributed by atoms with Crippen molar-refractivity contribution in [2.75, 3.05) is 7.11 Å². The molecule has 0 radical (unpaired) electrons. The summed E-state index contributed by atoms with van der Waals surface area (Å²) < 4.78 is 31.3. The Hall–Kier alpha value is -1.29. The minimum Gasteiger partial charge on any atom is -0.381 e. The number of ether oxygens (including phenoxy) is 1. The number of benzene rings is 1. The zero-order chi connectivity index (χ0) is 12.1. The molecule has 0 aliphatic rings. The standard InChI is InChI=1S/C12H14F2O2/c1-8(16-2)6-9(15)7-10-11(13)4-3-5-12(10)14/h3-5,8H,6-7H2,1-2H3. The van der Waals surface area contributed by atoms with Crippen LogP contribution in [-0.2, 0) is 16.0 Å². The Balaban J connectivity index is 2.70. The van der Waals surface area contributed by atoms with Crippen LogP contribution in [0.25, 0.3) is 0 Å². The molecule has 0 saturated heterocycles. The minimum atomic E-state index is -0.682. The number of rotatable bonds is 5. The van der Waals surface area contributed by atoms with E-state index in [1.807, 2.05) is 0 Å². The highest BCUT2D eigenvalue weighted by atomic mass is 19.1. The molecule has 0 amide bonds. The maximum atomic E-state index is 13.2. The van der Waals surface area contributed by atoms with Crippen LogP contribution >= 0.6 is 0 Å². The molecule has 1 unspecified atom stereocenters. The largest absolute Gasteiger partial charge is 0.381 e. The van der Waals surface area contributed by atoms with E-state index >= 15 is 0 Å². The molecule has 4 heteroatoms. The molecule has 88 valence electrons. The van der Waals surface area contributed by atoms with Crippen LogP contribution in [0.2, 0.25) is 0 Å². The van der Waals surface area contributed by atoms with Gasteiger partial charge in [-0.15, -0.1) is 0 Å². The molecule has 0 aliphatic carbocycles. The van der Waals surface area contributed by atoms with Gasteiger partial charge < -0.3 is 4.74 Å². The first-order valence-electron chi connectivity index (χ1n) is 5.02. The molecule has 0 N–H and O–H groups in total. The van der Waals surface area contributed by atoms with Gasteiger partial charge in [0.2, 0.25) is 0 Å². The third kappa shape index (κ3) is 3.38. The predicted octanol–water partition coefficient (Wildman–Crippen LogP) is 2.50. The molecule has 0 fully saturated rings. The van der Waals surface area contributed by atoms with E-state index in [0.717, 1.165) is 12.1 Å². The van der Waals surface area contributed by atoms with E-state index in [4.69, 9.17) is 4.74 Å². The summed E-state index contributed by atoms with van der Waals surface area (Å²) in [5.74, 6) is -1.60. The highest BCUT2D eigenvalue weighted by Crippen LogP contribution is 2.14. The average Bonchev–Trinajstić information content (AvgIpc) is 2.23. The molecule has 16 heavy (non-hydrogen) atoms. The molecule has 1 rings (SSSR count). The van der Waals surface area contributed by atoms with Gasteiger partial charge in [0, 0.05) is 25.5 Å². The van der Waals surface area contributed by atoms with E-state index in [9.17, 15) is 13.6 Å². The molecule has 1 aromatic carbocycles. The Labute approximate surface area is 93.2 Å². The number of Topliss-reactive ketones (excluding diaryl/α,β-unsaturated/α-hetero) is 1. The van der Waals surface area contributed by atoms with Gasteiger partial charge in [0.1, 0.15) is 17.4 Å². The number of ketones is 1. The van der Waals surface area contributed by atoms with Crippen LogP contribution in [0.1, 0.15) is 18.9 Å². The molecule has 0 bridgehead atoms. The van der Waals surface area contributed by atoms with Crippen LogP contribution in [0, 0.1) is 11.6 Å². The molecule has 0 saturated carbocycles. The molecular weight excluding hydrogens is 214 g/mol. The highest BCUT2D eigenvalue weighted by Gasteiger charge is 2.14. The van der Waals surface area contributed by atoms with Gasteiger partial charge in [-0.05, 0) is 19.1 Å². The van der Waals surface area contributed by atoms with Crippen LogP contribution in [-0.4, -0.2) is 19.0 Å². The summed E-state index contributed by atoms with van der Waals surface area (Å²) in [4.78, 5) is 11.5. The molecule has 0 heterocycles. The number of hydrogen-bond acceptors (Lipinski definition) is 2. The monoisotopic (exact) mass is 228 g/mol. The first kappa shape index (κ1) is 12.8. The third-order valence-corrected chi connectivity index (χ3v) is 2.35. The molecule has 1 aromatic rings. The number of halogens is 2. The lowest BCUT2D eigenvalue weighted by Gasteiger charge is -2.08. The molecular formula is C12H14F2O2. The van der Waals surface area contributed by atoms with E-state index in [1.54, 1.807) is 6.92 Å². The van der Waals surface area contributed by atoms with Crippen molar-refractivity contribution in [3.05, 3.63) is 35.4 Å². The zero-order valence-corrected chi connectivity index (χ0v) is 9.30. The number of hydrogen-bond donors (Lipinski definition) is 0. The molecule has 1 atom stereocenters.